The van der Waals surface area contributed by atoms with Crippen molar-refractivity contribution in [2.24, 2.45) is 11.8 Å². The van der Waals surface area contributed by atoms with Gasteiger partial charge in [0.05, 0.1) is 11.4 Å². The van der Waals surface area contributed by atoms with Crippen LogP contribution in [0.2, 0.25) is 0 Å². The monoisotopic (exact) mass is 346 g/mol. The lowest BCUT2D eigenvalue weighted by atomic mass is 9.81. The summed E-state index contributed by atoms with van der Waals surface area (Å²) in [6.07, 6.45) is 1.91. The van der Waals surface area contributed by atoms with Gasteiger partial charge in [0.1, 0.15) is 5.76 Å². The molecule has 2 heterocycles. The summed E-state index contributed by atoms with van der Waals surface area (Å²) in [6, 6.07) is 12.2. The third kappa shape index (κ3) is 4.85. The summed E-state index contributed by atoms with van der Waals surface area (Å²) in [6.45, 7) is 1.74. The fourth-order valence-electron chi connectivity index (χ4n) is 3.17. The molecule has 24 heavy (non-hydrogen) atoms. The van der Waals surface area contributed by atoms with Gasteiger partial charge in [0.25, 0.3) is 0 Å². The van der Waals surface area contributed by atoms with Crippen LogP contribution in [0.15, 0.2) is 45.8 Å². The number of piperidine rings is 1. The molecule has 0 unspecified atom stereocenters. The van der Waals surface area contributed by atoms with Crippen LogP contribution < -0.4 is 5.32 Å². The van der Waals surface area contributed by atoms with E-state index in [4.69, 9.17) is 9.63 Å². The molecule has 1 fully saturated rings. The molecule has 1 aliphatic rings. The predicted molar refractivity (Wildman–Crippen MR) is 92.9 cm³/mol. The number of hydrogen-bond acceptors (Lipinski definition) is 5. The summed E-state index contributed by atoms with van der Waals surface area (Å²) in [5, 5.41) is 16.6. The van der Waals surface area contributed by atoms with E-state index in [-0.39, 0.29) is 12.3 Å². The molecule has 0 saturated carbocycles. The highest BCUT2D eigenvalue weighted by Gasteiger charge is 2.28. The van der Waals surface area contributed by atoms with E-state index in [1.807, 2.05) is 24.3 Å². The van der Waals surface area contributed by atoms with Crippen LogP contribution in [0.3, 0.4) is 0 Å². The molecule has 0 aliphatic carbocycles. The maximum Gasteiger partial charge on any atom is 0.303 e. The third-order valence-corrected chi connectivity index (χ3v) is 5.44. The Labute approximate surface area is 145 Å². The number of aliphatic carboxylic acids is 1. The minimum atomic E-state index is -0.716. The van der Waals surface area contributed by atoms with Gasteiger partial charge in [-0.3, -0.25) is 4.79 Å². The van der Waals surface area contributed by atoms with Gasteiger partial charge in [-0.2, -0.15) is 0 Å². The minimum absolute atomic E-state index is 0.211. The maximum absolute atomic E-state index is 11.0. The molecule has 1 saturated heterocycles. The van der Waals surface area contributed by atoms with Gasteiger partial charge in [0, 0.05) is 17.4 Å². The first-order chi connectivity index (χ1) is 11.7. The second-order valence-electron chi connectivity index (χ2n) is 6.20. The maximum atomic E-state index is 11.0. The van der Waals surface area contributed by atoms with E-state index in [1.165, 1.54) is 4.90 Å². The zero-order chi connectivity index (χ0) is 16.8. The molecule has 0 spiro atoms. The lowest BCUT2D eigenvalue weighted by Crippen LogP contribution is -2.38. The molecule has 3 rings (SSSR count). The topological polar surface area (TPSA) is 75.4 Å². The molecule has 1 aromatic carbocycles. The van der Waals surface area contributed by atoms with Crippen LogP contribution in [-0.4, -0.2) is 29.3 Å². The van der Waals surface area contributed by atoms with Crippen molar-refractivity contribution >= 4 is 17.7 Å². The number of thioether (sulfide) groups is 1. The Morgan fingerprint density at radius 2 is 2.17 bits per heavy atom. The molecule has 2 aromatic rings. The summed E-state index contributed by atoms with van der Waals surface area (Å²) < 4.78 is 5.44. The smallest absolute Gasteiger partial charge is 0.303 e. The van der Waals surface area contributed by atoms with E-state index in [2.05, 4.69) is 22.6 Å². The van der Waals surface area contributed by atoms with Crippen LogP contribution in [-0.2, 0) is 17.0 Å². The predicted octanol–water partition coefficient (Wildman–Crippen LogP) is 3.21. The molecule has 0 amide bonds. The number of carboxylic acid groups (broad SMARTS) is 1. The van der Waals surface area contributed by atoms with Crippen molar-refractivity contribution in [3.8, 4) is 0 Å². The number of benzene rings is 1. The zero-order valence-electron chi connectivity index (χ0n) is 13.5. The fourth-order valence-corrected chi connectivity index (χ4v) is 3.96. The first-order valence-electron chi connectivity index (χ1n) is 8.25. The molecule has 1 aromatic heterocycles. The Hall–Kier alpha value is -1.79. The molecule has 128 valence electrons. The molecule has 1 aliphatic heterocycles. The summed E-state index contributed by atoms with van der Waals surface area (Å²) >= 11 is 1.72. The summed E-state index contributed by atoms with van der Waals surface area (Å²) in [7, 11) is 0. The Balaban J connectivity index is 1.55. The highest BCUT2D eigenvalue weighted by atomic mass is 32.2. The van der Waals surface area contributed by atoms with Crippen LogP contribution in [0.1, 0.15) is 24.3 Å². The minimum Gasteiger partial charge on any atom is -0.481 e. The van der Waals surface area contributed by atoms with Crippen LogP contribution in [0.25, 0.3) is 0 Å². The Kier molecular flexibility index (Phi) is 5.93. The number of nitrogens with one attached hydrogen (secondary N) is 1. The molecule has 2 atom stereocenters. The summed E-state index contributed by atoms with van der Waals surface area (Å²) in [5.74, 6) is 1.40. The second-order valence-corrected chi connectivity index (χ2v) is 7.25. The zero-order valence-corrected chi connectivity index (χ0v) is 14.3. The molecule has 6 heteroatoms. The third-order valence-electron chi connectivity index (χ3n) is 4.41. The van der Waals surface area contributed by atoms with Gasteiger partial charge in [0.15, 0.2) is 0 Å². The van der Waals surface area contributed by atoms with Gasteiger partial charge >= 0.3 is 5.97 Å². The van der Waals surface area contributed by atoms with E-state index < -0.39 is 5.97 Å². The molecule has 0 radical (unpaired) electrons. The number of carbonyl (C=O) groups is 1. The molecular weight excluding hydrogens is 324 g/mol. The lowest BCUT2D eigenvalue weighted by molar-refractivity contribution is -0.138. The number of carboxylic acids is 1. The second kappa shape index (κ2) is 8.35. The Morgan fingerprint density at radius 3 is 2.96 bits per heavy atom. The average Bonchev–Trinajstić information content (AvgIpc) is 3.03. The van der Waals surface area contributed by atoms with Crippen molar-refractivity contribution < 1.29 is 14.4 Å². The van der Waals surface area contributed by atoms with Crippen LogP contribution in [0, 0.1) is 11.8 Å². The van der Waals surface area contributed by atoms with Crippen molar-refractivity contribution in [1.29, 1.82) is 0 Å². The normalized spacial score (nSPS) is 20.8. The van der Waals surface area contributed by atoms with Gasteiger partial charge in [-0.25, -0.2) is 0 Å². The highest BCUT2D eigenvalue weighted by molar-refractivity contribution is 7.98. The molecule has 5 nitrogen and oxygen atoms in total. The SMILES string of the molecule is O=C(O)C[C@@H]1CCNC[C@H]1Cc1cc(CSc2ccccc2)on1. The van der Waals surface area contributed by atoms with E-state index >= 15 is 0 Å². The lowest BCUT2D eigenvalue weighted by Gasteiger charge is -2.30. The largest absolute Gasteiger partial charge is 0.481 e. The molecule has 2 N–H and O–H groups in total. The summed E-state index contributed by atoms with van der Waals surface area (Å²) in [5.41, 5.74) is 0.919. The average molecular weight is 346 g/mol. The number of nitrogens with zero attached hydrogens (tertiary/aromatic N) is 1. The first-order valence-corrected chi connectivity index (χ1v) is 9.24. The van der Waals surface area contributed by atoms with E-state index in [0.717, 1.165) is 43.1 Å². The van der Waals surface area contributed by atoms with Crippen molar-refractivity contribution in [2.45, 2.75) is 29.9 Å². The van der Waals surface area contributed by atoms with Gasteiger partial charge in [-0.15, -0.1) is 11.8 Å². The van der Waals surface area contributed by atoms with Gasteiger partial charge in [-0.05, 0) is 49.9 Å². The van der Waals surface area contributed by atoms with Crippen LogP contribution in [0.4, 0.5) is 0 Å². The molecular formula is C18H22N2O3S. The van der Waals surface area contributed by atoms with Crippen molar-refractivity contribution in [3.05, 3.63) is 47.9 Å². The van der Waals surface area contributed by atoms with Crippen LogP contribution >= 0.6 is 11.8 Å². The van der Waals surface area contributed by atoms with Crippen LogP contribution in [0.5, 0.6) is 0 Å². The number of rotatable bonds is 7. The standard InChI is InChI=1S/C18H22N2O3S/c21-18(22)9-13-6-7-19-11-14(13)8-15-10-16(23-20-15)12-24-17-4-2-1-3-5-17/h1-5,10,13-14,19H,6-9,11-12H2,(H,21,22)/t13-,14+/m0/s1. The Morgan fingerprint density at radius 1 is 1.33 bits per heavy atom. The van der Waals surface area contributed by atoms with Crippen molar-refractivity contribution in [3.63, 3.8) is 0 Å². The van der Waals surface area contributed by atoms with E-state index in [9.17, 15) is 4.79 Å². The molecule has 0 bridgehead atoms. The van der Waals surface area contributed by atoms with Gasteiger partial charge in [-0.1, -0.05) is 23.4 Å². The van der Waals surface area contributed by atoms with Crippen molar-refractivity contribution in [2.75, 3.05) is 13.1 Å². The quantitative estimate of drug-likeness (QED) is 0.750. The number of hydrogen-bond donors (Lipinski definition) is 2. The first kappa shape index (κ1) is 17.0. The fraction of sp³-hybridized carbons (Fsp3) is 0.444. The number of aromatic nitrogens is 1. The summed E-state index contributed by atoms with van der Waals surface area (Å²) in [4.78, 5) is 12.2. The van der Waals surface area contributed by atoms with Gasteiger partial charge in [0.2, 0.25) is 0 Å². The highest BCUT2D eigenvalue weighted by Crippen LogP contribution is 2.27. The van der Waals surface area contributed by atoms with Crippen molar-refractivity contribution in [1.82, 2.24) is 10.5 Å². The van der Waals surface area contributed by atoms with E-state index in [1.54, 1.807) is 11.8 Å². The Bertz CT molecular complexity index is 659. The van der Waals surface area contributed by atoms with Gasteiger partial charge < -0.3 is 14.9 Å². The van der Waals surface area contributed by atoms with E-state index in [0.29, 0.717) is 5.92 Å².